The number of alkyl halides is 3. The van der Waals surface area contributed by atoms with E-state index in [0.717, 1.165) is 18.7 Å². The largest absolute Gasteiger partial charge is 0.410 e. The van der Waals surface area contributed by atoms with Gasteiger partial charge in [0.15, 0.2) is 0 Å². The van der Waals surface area contributed by atoms with E-state index in [4.69, 9.17) is 0 Å². The molecule has 2 bridgehead atoms. The zero-order valence-electron chi connectivity index (χ0n) is 14.1. The highest BCUT2D eigenvalue weighted by Gasteiger charge is 2.60. The maximum absolute atomic E-state index is 14.2. The average Bonchev–Trinajstić information content (AvgIpc) is 3.26. The molecule has 3 aliphatic heterocycles. The van der Waals surface area contributed by atoms with Crippen LogP contribution in [0.4, 0.5) is 28.9 Å². The third-order valence-electron chi connectivity index (χ3n) is 5.73. The summed E-state index contributed by atoms with van der Waals surface area (Å²) in [6, 6.07) is 0.0593. The number of hydrogen-bond donors (Lipinski definition) is 1. The van der Waals surface area contributed by atoms with Crippen LogP contribution in [0.2, 0.25) is 0 Å². The molecule has 26 heavy (non-hydrogen) atoms. The molecule has 1 aliphatic carbocycles. The van der Waals surface area contributed by atoms with Gasteiger partial charge in [0.05, 0.1) is 10.6 Å². The van der Waals surface area contributed by atoms with Crippen LogP contribution in [0, 0.1) is 11.7 Å². The molecule has 4 aliphatic rings. The fourth-order valence-corrected chi connectivity index (χ4v) is 5.28. The van der Waals surface area contributed by atoms with Crippen LogP contribution in [0.3, 0.4) is 0 Å². The maximum atomic E-state index is 14.2. The van der Waals surface area contributed by atoms with Gasteiger partial charge in [-0.15, -0.1) is 0 Å². The highest BCUT2D eigenvalue weighted by Crippen LogP contribution is 2.50. The third-order valence-corrected chi connectivity index (χ3v) is 6.57. The minimum Gasteiger partial charge on any atom is -0.352 e. The van der Waals surface area contributed by atoms with E-state index in [-0.39, 0.29) is 11.7 Å². The Hall–Kier alpha value is -1.48. The number of likely N-dealkylation sites (N-methyl/N-ethyl adjacent to an activating group) is 1. The molecule has 0 spiro atoms. The highest BCUT2D eigenvalue weighted by atomic mass is 32.2. The second kappa shape index (κ2) is 5.51. The van der Waals surface area contributed by atoms with Crippen LogP contribution in [0.15, 0.2) is 22.0 Å². The van der Waals surface area contributed by atoms with Crippen LogP contribution in [0.25, 0.3) is 0 Å². The molecule has 0 amide bonds. The molecule has 4 nitrogen and oxygen atoms in total. The summed E-state index contributed by atoms with van der Waals surface area (Å²) in [5, 5.41) is 0. The van der Waals surface area contributed by atoms with Crippen LogP contribution in [0.1, 0.15) is 19.3 Å². The standard InChI is InChI=1S/C17H18F4N4S/c1-24-7-10-6-12(24)15(17(19,20)21)25(10)11-4-9(18)5-13-14(11)22-16(23-26-13)8-2-3-8/h4-5,8,10,12,15H,2-3,6-7H2,1H3,(H,22,23)/t10-,12-,15-/m0/s1. The number of aliphatic imine (C=N–C) groups is 1. The number of halogens is 4. The number of amidine groups is 1. The van der Waals surface area contributed by atoms with E-state index in [1.807, 2.05) is 0 Å². The van der Waals surface area contributed by atoms with Crippen molar-refractivity contribution < 1.29 is 17.6 Å². The SMILES string of the molecule is CN1C[C@@H]2C[C@H]1[C@@H](C(F)(F)F)N2c1cc(F)cc2c1N=C(C1CC1)NS2. The Balaban J connectivity index is 1.63. The van der Waals surface area contributed by atoms with Crippen molar-refractivity contribution in [3.63, 3.8) is 0 Å². The molecule has 1 aromatic rings. The van der Waals surface area contributed by atoms with Crippen LogP contribution in [-0.2, 0) is 0 Å². The topological polar surface area (TPSA) is 30.9 Å². The minimum atomic E-state index is -4.38. The molecule has 5 rings (SSSR count). The average molecular weight is 386 g/mol. The quantitative estimate of drug-likeness (QED) is 0.620. The molecule has 2 saturated heterocycles. The van der Waals surface area contributed by atoms with Crippen LogP contribution >= 0.6 is 11.9 Å². The molecule has 1 N–H and O–H groups in total. The predicted octanol–water partition coefficient (Wildman–Crippen LogP) is 3.70. The van der Waals surface area contributed by atoms with Gasteiger partial charge in [-0.2, -0.15) is 13.2 Å². The Bertz CT molecular complexity index is 792. The zero-order chi connectivity index (χ0) is 18.2. The molecular weight excluding hydrogens is 368 g/mol. The van der Waals surface area contributed by atoms with Gasteiger partial charge < -0.3 is 9.62 Å². The van der Waals surface area contributed by atoms with Gasteiger partial charge in [0.1, 0.15) is 23.4 Å². The smallest absolute Gasteiger partial charge is 0.352 e. The number of rotatable bonds is 2. The Morgan fingerprint density at radius 1 is 1.27 bits per heavy atom. The van der Waals surface area contributed by atoms with Crippen molar-refractivity contribution in [1.82, 2.24) is 9.62 Å². The third kappa shape index (κ3) is 2.51. The molecule has 3 heterocycles. The first-order valence-electron chi connectivity index (χ1n) is 8.73. The van der Waals surface area contributed by atoms with Crippen LogP contribution < -0.4 is 9.62 Å². The lowest BCUT2D eigenvalue weighted by Gasteiger charge is -2.42. The van der Waals surface area contributed by atoms with Crippen LogP contribution in [0.5, 0.6) is 0 Å². The summed E-state index contributed by atoms with van der Waals surface area (Å²) in [5.41, 5.74) is 0.747. The Morgan fingerprint density at radius 2 is 2.04 bits per heavy atom. The van der Waals surface area contributed by atoms with Crippen molar-refractivity contribution in [2.45, 2.75) is 48.5 Å². The van der Waals surface area contributed by atoms with E-state index >= 15 is 0 Å². The second-order valence-corrected chi connectivity index (χ2v) is 8.39. The van der Waals surface area contributed by atoms with Crippen molar-refractivity contribution in [3.8, 4) is 0 Å². The Morgan fingerprint density at radius 3 is 2.73 bits per heavy atom. The molecular formula is C17H18F4N4S. The van der Waals surface area contributed by atoms with E-state index in [9.17, 15) is 17.6 Å². The Kier molecular flexibility index (Phi) is 3.54. The lowest BCUT2D eigenvalue weighted by atomic mass is 10.1. The molecule has 1 saturated carbocycles. The number of likely N-dealkylation sites (tertiary alicyclic amines) is 1. The second-order valence-electron chi connectivity index (χ2n) is 7.54. The van der Waals surface area contributed by atoms with Crippen molar-refractivity contribution in [1.29, 1.82) is 0 Å². The summed E-state index contributed by atoms with van der Waals surface area (Å²) in [7, 11) is 1.73. The molecule has 3 fully saturated rings. The van der Waals surface area contributed by atoms with Crippen molar-refractivity contribution in [2.75, 3.05) is 18.5 Å². The molecule has 0 aromatic heterocycles. The van der Waals surface area contributed by atoms with Gasteiger partial charge in [-0.05, 0) is 50.4 Å². The molecule has 0 unspecified atom stereocenters. The van der Waals surface area contributed by atoms with Gasteiger partial charge in [-0.1, -0.05) is 0 Å². The number of anilines is 1. The highest BCUT2D eigenvalue weighted by molar-refractivity contribution is 7.98. The first-order chi connectivity index (χ1) is 12.3. The monoisotopic (exact) mass is 386 g/mol. The maximum Gasteiger partial charge on any atom is 0.410 e. The lowest BCUT2D eigenvalue weighted by molar-refractivity contribution is -0.159. The number of hydrogen-bond acceptors (Lipinski definition) is 5. The summed E-state index contributed by atoms with van der Waals surface area (Å²) in [6.45, 7) is 0.549. The summed E-state index contributed by atoms with van der Waals surface area (Å²) >= 11 is 1.24. The van der Waals surface area contributed by atoms with Gasteiger partial charge in [0, 0.05) is 24.5 Å². The number of benzene rings is 1. The van der Waals surface area contributed by atoms with E-state index in [1.54, 1.807) is 11.9 Å². The number of nitrogens with zero attached hydrogens (tertiary/aromatic N) is 3. The first-order valence-corrected chi connectivity index (χ1v) is 9.55. The lowest BCUT2D eigenvalue weighted by Crippen LogP contribution is -2.58. The van der Waals surface area contributed by atoms with Gasteiger partial charge in [-0.3, -0.25) is 4.90 Å². The summed E-state index contributed by atoms with van der Waals surface area (Å²) < 4.78 is 58.9. The molecule has 0 radical (unpaired) electrons. The number of piperazine rings is 1. The normalized spacial score (nSPS) is 31.0. The van der Waals surface area contributed by atoms with Gasteiger partial charge >= 0.3 is 6.18 Å². The minimum absolute atomic E-state index is 0.273. The van der Waals surface area contributed by atoms with E-state index in [1.165, 1.54) is 29.0 Å². The fourth-order valence-electron chi connectivity index (χ4n) is 4.44. The van der Waals surface area contributed by atoms with Crippen LogP contribution in [-0.4, -0.2) is 48.6 Å². The summed E-state index contributed by atoms with van der Waals surface area (Å²) in [5.74, 6) is 0.601. The van der Waals surface area contributed by atoms with Gasteiger partial charge in [-0.25, -0.2) is 9.38 Å². The van der Waals surface area contributed by atoms with Gasteiger partial charge in [0.25, 0.3) is 0 Å². The van der Waals surface area contributed by atoms with E-state index in [0.29, 0.717) is 29.5 Å². The predicted molar refractivity (Wildman–Crippen MR) is 92.4 cm³/mol. The number of nitrogens with one attached hydrogen (secondary N) is 1. The fraction of sp³-hybridized carbons (Fsp3) is 0.588. The summed E-state index contributed by atoms with van der Waals surface area (Å²) in [6.07, 6.45) is -1.88. The Labute approximate surface area is 152 Å². The van der Waals surface area contributed by atoms with E-state index < -0.39 is 24.1 Å². The van der Waals surface area contributed by atoms with Gasteiger partial charge in [0.2, 0.25) is 0 Å². The van der Waals surface area contributed by atoms with Crippen molar-refractivity contribution >= 4 is 29.2 Å². The zero-order valence-corrected chi connectivity index (χ0v) is 14.9. The first kappa shape index (κ1) is 16.7. The van der Waals surface area contributed by atoms with Crippen molar-refractivity contribution in [2.24, 2.45) is 10.9 Å². The molecule has 3 atom stereocenters. The summed E-state index contributed by atoms with van der Waals surface area (Å²) in [4.78, 5) is 8.30. The van der Waals surface area contributed by atoms with E-state index in [2.05, 4.69) is 9.71 Å². The molecule has 140 valence electrons. The molecule has 9 heteroatoms. The molecule has 1 aromatic carbocycles. The van der Waals surface area contributed by atoms with Crippen molar-refractivity contribution in [3.05, 3.63) is 17.9 Å². The number of fused-ring (bicyclic) bond motifs is 3.